The average molecular weight is 380 g/mol. The Balaban J connectivity index is 1.68. The molecule has 1 aliphatic rings. The summed E-state index contributed by atoms with van der Waals surface area (Å²) >= 11 is 0.852. The Bertz CT molecular complexity index is 948. The molecule has 1 aliphatic heterocycles. The van der Waals surface area contributed by atoms with Gasteiger partial charge in [0.2, 0.25) is 5.91 Å². The van der Waals surface area contributed by atoms with E-state index in [4.69, 9.17) is 0 Å². The first kappa shape index (κ1) is 18.9. The highest BCUT2D eigenvalue weighted by Crippen LogP contribution is 2.32. The summed E-state index contributed by atoms with van der Waals surface area (Å²) < 4.78 is 0. The van der Waals surface area contributed by atoms with Crippen LogP contribution in [0.2, 0.25) is 0 Å². The van der Waals surface area contributed by atoms with Gasteiger partial charge in [-0.1, -0.05) is 35.9 Å². The molecule has 2 aromatic rings. The van der Waals surface area contributed by atoms with Gasteiger partial charge >= 0.3 is 0 Å². The lowest BCUT2D eigenvalue weighted by Crippen LogP contribution is -2.36. The number of thioether (sulfide) groups is 1. The molecule has 0 bridgehead atoms. The van der Waals surface area contributed by atoms with Crippen LogP contribution in [-0.4, -0.2) is 28.5 Å². The predicted molar refractivity (Wildman–Crippen MR) is 108 cm³/mol. The molecule has 0 atom stereocenters. The number of aryl methyl sites for hydroxylation is 3. The van der Waals surface area contributed by atoms with Crippen LogP contribution in [0.1, 0.15) is 22.3 Å². The first-order chi connectivity index (χ1) is 12.8. The lowest BCUT2D eigenvalue weighted by molar-refractivity contribution is -0.127. The minimum atomic E-state index is -0.444. The molecule has 0 saturated carbocycles. The zero-order chi connectivity index (χ0) is 19.6. The van der Waals surface area contributed by atoms with E-state index < -0.39 is 17.1 Å². The van der Waals surface area contributed by atoms with Crippen molar-refractivity contribution in [2.75, 3.05) is 11.9 Å². The maximum Gasteiger partial charge on any atom is 0.294 e. The molecule has 3 amide bonds. The van der Waals surface area contributed by atoms with Crippen molar-refractivity contribution in [1.29, 1.82) is 0 Å². The highest BCUT2D eigenvalue weighted by molar-refractivity contribution is 8.18. The number of amides is 3. The predicted octanol–water partition coefficient (Wildman–Crippen LogP) is 4.29. The second-order valence-corrected chi connectivity index (χ2v) is 7.52. The maximum absolute atomic E-state index is 12.5. The number of anilines is 1. The molecule has 2 aromatic carbocycles. The molecule has 1 heterocycles. The van der Waals surface area contributed by atoms with E-state index in [1.807, 2.05) is 57.2 Å². The Kier molecular flexibility index (Phi) is 5.46. The van der Waals surface area contributed by atoms with Gasteiger partial charge in [0, 0.05) is 5.69 Å². The normalized spacial score (nSPS) is 15.5. The smallest absolute Gasteiger partial charge is 0.294 e. The summed E-state index contributed by atoms with van der Waals surface area (Å²) in [6.45, 7) is 5.62. The molecule has 3 rings (SSSR count). The van der Waals surface area contributed by atoms with E-state index in [1.54, 1.807) is 12.1 Å². The van der Waals surface area contributed by atoms with Gasteiger partial charge in [-0.25, -0.2) is 0 Å². The number of carbonyl (C=O) groups excluding carboxylic acids is 3. The van der Waals surface area contributed by atoms with Crippen LogP contribution in [0.25, 0.3) is 6.08 Å². The van der Waals surface area contributed by atoms with E-state index in [0.29, 0.717) is 10.6 Å². The van der Waals surface area contributed by atoms with Gasteiger partial charge in [0.1, 0.15) is 6.54 Å². The third kappa shape index (κ3) is 4.46. The second-order valence-electron chi connectivity index (χ2n) is 6.53. The van der Waals surface area contributed by atoms with Gasteiger partial charge in [-0.3, -0.25) is 19.3 Å². The molecule has 0 radical (unpaired) electrons. The Morgan fingerprint density at radius 1 is 1.04 bits per heavy atom. The van der Waals surface area contributed by atoms with Crippen molar-refractivity contribution in [2.45, 2.75) is 20.8 Å². The van der Waals surface area contributed by atoms with E-state index in [9.17, 15) is 14.4 Å². The molecule has 1 fully saturated rings. The van der Waals surface area contributed by atoms with Crippen LogP contribution < -0.4 is 5.32 Å². The molecule has 5 nitrogen and oxygen atoms in total. The average Bonchev–Trinajstić information content (AvgIpc) is 2.87. The maximum atomic E-state index is 12.5. The quantitative estimate of drug-likeness (QED) is 0.804. The number of imide groups is 1. The van der Waals surface area contributed by atoms with Crippen LogP contribution in [-0.2, 0) is 9.59 Å². The fraction of sp³-hybridized carbons (Fsp3) is 0.190. The summed E-state index contributed by atoms with van der Waals surface area (Å²) in [4.78, 5) is 38.3. The molecule has 0 spiro atoms. The summed E-state index contributed by atoms with van der Waals surface area (Å²) in [6, 6.07) is 13.2. The van der Waals surface area contributed by atoms with Gasteiger partial charge in [-0.2, -0.15) is 0 Å². The van der Waals surface area contributed by atoms with Gasteiger partial charge in [0.05, 0.1) is 4.91 Å². The molecular weight excluding hydrogens is 360 g/mol. The number of hydrogen-bond acceptors (Lipinski definition) is 4. The highest BCUT2D eigenvalue weighted by atomic mass is 32.2. The van der Waals surface area contributed by atoms with Gasteiger partial charge in [-0.15, -0.1) is 0 Å². The van der Waals surface area contributed by atoms with Crippen molar-refractivity contribution in [3.63, 3.8) is 0 Å². The number of carbonyl (C=O) groups is 3. The molecule has 0 aromatic heterocycles. The van der Waals surface area contributed by atoms with Crippen LogP contribution in [0, 0.1) is 20.8 Å². The molecule has 1 N–H and O–H groups in total. The lowest BCUT2D eigenvalue weighted by atomic mass is 10.1. The second kappa shape index (κ2) is 7.80. The van der Waals surface area contributed by atoms with Crippen LogP contribution >= 0.6 is 11.8 Å². The van der Waals surface area contributed by atoms with Crippen LogP contribution in [0.3, 0.4) is 0 Å². The summed E-state index contributed by atoms with van der Waals surface area (Å²) in [6.07, 6.45) is 1.67. The third-order valence-electron chi connectivity index (χ3n) is 4.34. The molecule has 27 heavy (non-hydrogen) atoms. The van der Waals surface area contributed by atoms with Crippen molar-refractivity contribution in [3.05, 3.63) is 69.6 Å². The van der Waals surface area contributed by atoms with Crippen molar-refractivity contribution in [1.82, 2.24) is 4.90 Å². The fourth-order valence-electron chi connectivity index (χ4n) is 2.61. The highest BCUT2D eigenvalue weighted by Gasteiger charge is 2.36. The van der Waals surface area contributed by atoms with E-state index >= 15 is 0 Å². The minimum Gasteiger partial charge on any atom is -0.325 e. The molecule has 0 aliphatic carbocycles. The van der Waals surface area contributed by atoms with E-state index in [0.717, 1.165) is 38.9 Å². The molecular formula is C21H20N2O3S. The van der Waals surface area contributed by atoms with Crippen molar-refractivity contribution in [3.8, 4) is 0 Å². The van der Waals surface area contributed by atoms with Crippen molar-refractivity contribution in [2.24, 2.45) is 0 Å². The van der Waals surface area contributed by atoms with Crippen molar-refractivity contribution < 1.29 is 14.4 Å². The summed E-state index contributed by atoms with van der Waals surface area (Å²) in [5.41, 5.74) is 4.78. The third-order valence-corrected chi connectivity index (χ3v) is 5.25. The Morgan fingerprint density at radius 3 is 2.41 bits per heavy atom. The number of benzene rings is 2. The fourth-order valence-corrected chi connectivity index (χ4v) is 3.45. The number of rotatable bonds is 4. The summed E-state index contributed by atoms with van der Waals surface area (Å²) in [7, 11) is 0. The first-order valence-corrected chi connectivity index (χ1v) is 9.34. The molecule has 0 unspecified atom stereocenters. The van der Waals surface area contributed by atoms with E-state index in [1.165, 1.54) is 0 Å². The minimum absolute atomic E-state index is 0.303. The van der Waals surface area contributed by atoms with Crippen LogP contribution in [0.5, 0.6) is 0 Å². The van der Waals surface area contributed by atoms with Gasteiger partial charge in [0.15, 0.2) is 0 Å². The van der Waals surface area contributed by atoms with Crippen molar-refractivity contribution >= 4 is 40.6 Å². The largest absolute Gasteiger partial charge is 0.325 e. The Morgan fingerprint density at radius 2 is 1.74 bits per heavy atom. The number of hydrogen-bond donors (Lipinski definition) is 1. The summed E-state index contributed by atoms with van der Waals surface area (Å²) in [5.74, 6) is -0.849. The monoisotopic (exact) mass is 380 g/mol. The molecule has 6 heteroatoms. The lowest BCUT2D eigenvalue weighted by Gasteiger charge is -2.13. The van der Waals surface area contributed by atoms with E-state index in [-0.39, 0.29) is 6.54 Å². The van der Waals surface area contributed by atoms with Gasteiger partial charge < -0.3 is 5.32 Å². The van der Waals surface area contributed by atoms with Gasteiger partial charge in [-0.05, 0) is 67.4 Å². The SMILES string of the molecule is Cc1ccc(C=C2SC(=O)N(CC(=O)Nc3ccc(C)c(C)c3)C2=O)cc1. The van der Waals surface area contributed by atoms with Crippen LogP contribution in [0.15, 0.2) is 47.4 Å². The zero-order valence-electron chi connectivity index (χ0n) is 15.4. The standard InChI is InChI=1S/C21H20N2O3S/c1-13-4-7-16(8-5-13)11-18-20(25)23(21(26)27-18)12-19(24)22-17-9-6-14(2)15(3)10-17/h4-11H,12H2,1-3H3,(H,22,24). The Hall–Kier alpha value is -2.86. The topological polar surface area (TPSA) is 66.5 Å². The Labute approximate surface area is 162 Å². The number of nitrogens with one attached hydrogen (secondary N) is 1. The summed E-state index contributed by atoms with van der Waals surface area (Å²) in [5, 5.41) is 2.30. The number of nitrogens with zero attached hydrogens (tertiary/aromatic N) is 1. The zero-order valence-corrected chi connectivity index (χ0v) is 16.2. The molecule has 138 valence electrons. The molecule has 1 saturated heterocycles. The first-order valence-electron chi connectivity index (χ1n) is 8.52. The van der Waals surface area contributed by atoms with E-state index in [2.05, 4.69) is 5.32 Å². The van der Waals surface area contributed by atoms with Gasteiger partial charge in [0.25, 0.3) is 11.1 Å². The van der Waals surface area contributed by atoms with Crippen LogP contribution in [0.4, 0.5) is 10.5 Å².